The van der Waals surface area contributed by atoms with Crippen molar-refractivity contribution in [3.63, 3.8) is 0 Å². The van der Waals surface area contributed by atoms with E-state index in [2.05, 4.69) is 20.6 Å². The maximum Gasteiger partial charge on any atom is 0.384 e. The molecule has 0 saturated carbocycles. The average molecular weight is 459 g/mol. The van der Waals surface area contributed by atoms with Crippen molar-refractivity contribution in [1.82, 2.24) is 24.9 Å². The van der Waals surface area contributed by atoms with E-state index >= 15 is 0 Å². The first kappa shape index (κ1) is 22.9. The number of nitrogens with zero attached hydrogens (tertiary/aromatic N) is 4. The van der Waals surface area contributed by atoms with Crippen molar-refractivity contribution in [3.8, 4) is 11.1 Å². The van der Waals surface area contributed by atoms with E-state index in [0.717, 1.165) is 23.2 Å². The van der Waals surface area contributed by atoms with Crippen LogP contribution >= 0.6 is 0 Å². The van der Waals surface area contributed by atoms with Crippen molar-refractivity contribution in [3.05, 3.63) is 88.5 Å². The third kappa shape index (κ3) is 5.21. The second-order valence-electron chi connectivity index (χ2n) is 8.12. The Balaban J connectivity index is 1.45. The number of fused-ring (bicyclic) bond motifs is 1. The monoisotopic (exact) mass is 458 g/mol. The highest BCUT2D eigenvalue weighted by atomic mass is 16.5. The van der Waals surface area contributed by atoms with Gasteiger partial charge in [0.15, 0.2) is 5.65 Å². The number of nitrogens with one attached hydrogen (secondary N) is 2. The van der Waals surface area contributed by atoms with Gasteiger partial charge in [-0.15, -0.1) is 4.73 Å². The summed E-state index contributed by atoms with van der Waals surface area (Å²) in [5.41, 5.74) is 2.88. The first-order chi connectivity index (χ1) is 16.4. The molecular formula is C25H26N6O3. The summed E-state index contributed by atoms with van der Waals surface area (Å²) in [4.78, 5) is 34.3. The van der Waals surface area contributed by atoms with Crippen LogP contribution in [0.2, 0.25) is 0 Å². The van der Waals surface area contributed by atoms with Crippen LogP contribution in [-0.2, 0) is 6.54 Å². The van der Waals surface area contributed by atoms with Crippen molar-refractivity contribution in [2.24, 2.45) is 0 Å². The molecule has 0 fully saturated rings. The van der Waals surface area contributed by atoms with Crippen molar-refractivity contribution < 1.29 is 10.0 Å². The summed E-state index contributed by atoms with van der Waals surface area (Å²) in [5, 5.41) is 16.5. The van der Waals surface area contributed by atoms with Gasteiger partial charge in [-0.2, -0.15) is 4.98 Å². The molecule has 0 bridgehead atoms. The van der Waals surface area contributed by atoms with Crippen LogP contribution < -0.4 is 16.3 Å². The van der Waals surface area contributed by atoms with E-state index in [9.17, 15) is 14.8 Å². The summed E-state index contributed by atoms with van der Waals surface area (Å²) >= 11 is 0. The molecule has 9 nitrogen and oxygen atoms in total. The molecule has 0 spiro atoms. The van der Waals surface area contributed by atoms with Gasteiger partial charge in [0.05, 0.1) is 5.39 Å². The van der Waals surface area contributed by atoms with Gasteiger partial charge in [0.2, 0.25) is 0 Å². The zero-order valence-corrected chi connectivity index (χ0v) is 19.0. The number of carbonyl (C=O) groups is 1. The molecule has 9 heteroatoms. The fraction of sp³-hybridized carbons (Fsp3) is 0.200. The van der Waals surface area contributed by atoms with Crippen LogP contribution in [0, 0.1) is 0 Å². The Morgan fingerprint density at radius 3 is 2.62 bits per heavy atom. The SMILES string of the molecule is CN(C)CCNC(=O)c1cccc(-c2ccc(CNc3nc(=O)n(O)c4ncccc34)cc2)c1. The summed E-state index contributed by atoms with van der Waals surface area (Å²) in [7, 11) is 3.93. The summed E-state index contributed by atoms with van der Waals surface area (Å²) in [6.07, 6.45) is 1.50. The van der Waals surface area contributed by atoms with Gasteiger partial charge in [0.25, 0.3) is 5.91 Å². The van der Waals surface area contributed by atoms with Crippen LogP contribution in [0.1, 0.15) is 15.9 Å². The van der Waals surface area contributed by atoms with Crippen molar-refractivity contribution in [2.45, 2.75) is 6.54 Å². The third-order valence-electron chi connectivity index (χ3n) is 5.35. The lowest BCUT2D eigenvalue weighted by Gasteiger charge is -2.11. The van der Waals surface area contributed by atoms with Crippen molar-refractivity contribution >= 4 is 22.8 Å². The van der Waals surface area contributed by atoms with E-state index in [1.54, 1.807) is 18.2 Å². The first-order valence-corrected chi connectivity index (χ1v) is 10.9. The lowest BCUT2D eigenvalue weighted by atomic mass is 10.0. The summed E-state index contributed by atoms with van der Waals surface area (Å²) in [5.74, 6) is 0.263. The molecule has 4 aromatic rings. The fourth-order valence-electron chi connectivity index (χ4n) is 3.52. The third-order valence-corrected chi connectivity index (χ3v) is 5.35. The number of rotatable bonds is 8. The summed E-state index contributed by atoms with van der Waals surface area (Å²) in [6, 6.07) is 18.9. The molecule has 0 aliphatic carbocycles. The number of carbonyl (C=O) groups excluding carboxylic acids is 1. The van der Waals surface area contributed by atoms with E-state index in [-0.39, 0.29) is 11.6 Å². The summed E-state index contributed by atoms with van der Waals surface area (Å²) in [6.45, 7) is 1.80. The van der Waals surface area contributed by atoms with E-state index in [1.165, 1.54) is 6.20 Å². The van der Waals surface area contributed by atoms with Crippen LogP contribution in [-0.4, -0.2) is 57.9 Å². The minimum atomic E-state index is -0.797. The average Bonchev–Trinajstić information content (AvgIpc) is 2.85. The van der Waals surface area contributed by atoms with Crippen molar-refractivity contribution in [1.29, 1.82) is 0 Å². The molecule has 2 heterocycles. The van der Waals surface area contributed by atoms with Crippen molar-refractivity contribution in [2.75, 3.05) is 32.5 Å². The molecule has 0 radical (unpaired) electrons. The van der Waals surface area contributed by atoms with E-state index in [4.69, 9.17) is 0 Å². The minimum absolute atomic E-state index is 0.0939. The van der Waals surface area contributed by atoms with Gasteiger partial charge in [-0.3, -0.25) is 4.79 Å². The predicted molar refractivity (Wildman–Crippen MR) is 131 cm³/mol. The van der Waals surface area contributed by atoms with E-state index < -0.39 is 5.69 Å². The Hall–Kier alpha value is -4.24. The number of aromatic nitrogens is 3. The van der Waals surface area contributed by atoms with Gasteiger partial charge in [-0.1, -0.05) is 36.4 Å². The standard InChI is InChI=1S/C25H26N6O3/c1-30(2)14-13-27-24(32)20-6-3-5-19(15-20)18-10-8-17(9-11-18)16-28-22-21-7-4-12-26-23(21)31(34)25(33)29-22/h3-12,15,34H,13-14,16H2,1-2H3,(H,27,32)(H,28,29,33). The minimum Gasteiger partial charge on any atom is -0.422 e. The highest BCUT2D eigenvalue weighted by Gasteiger charge is 2.11. The molecule has 0 unspecified atom stereocenters. The van der Waals surface area contributed by atoms with Gasteiger partial charge < -0.3 is 20.7 Å². The predicted octanol–water partition coefficient (Wildman–Crippen LogP) is 2.60. The Labute approximate surface area is 196 Å². The maximum absolute atomic E-state index is 12.4. The van der Waals surface area contributed by atoms with Crippen LogP contribution in [0.15, 0.2) is 71.7 Å². The molecule has 0 aliphatic rings. The largest absolute Gasteiger partial charge is 0.422 e. The molecule has 2 aromatic heterocycles. The number of amides is 1. The van der Waals surface area contributed by atoms with Gasteiger partial charge in [0, 0.05) is 31.4 Å². The lowest BCUT2D eigenvalue weighted by Crippen LogP contribution is -2.31. The number of hydrogen-bond donors (Lipinski definition) is 3. The highest BCUT2D eigenvalue weighted by Crippen LogP contribution is 2.22. The molecule has 0 saturated heterocycles. The van der Waals surface area contributed by atoms with Gasteiger partial charge >= 0.3 is 5.69 Å². The number of hydrogen-bond acceptors (Lipinski definition) is 7. The van der Waals surface area contributed by atoms with Crippen LogP contribution in [0.4, 0.5) is 5.82 Å². The number of benzene rings is 2. The maximum atomic E-state index is 12.4. The molecule has 1 amide bonds. The fourth-order valence-corrected chi connectivity index (χ4v) is 3.52. The number of anilines is 1. The summed E-state index contributed by atoms with van der Waals surface area (Å²) < 4.78 is 0.436. The van der Waals surface area contributed by atoms with Gasteiger partial charge in [-0.05, 0) is 55.1 Å². The van der Waals surface area contributed by atoms with Gasteiger partial charge in [-0.25, -0.2) is 9.78 Å². The van der Waals surface area contributed by atoms with E-state index in [1.807, 2.05) is 61.5 Å². The molecule has 3 N–H and O–H groups in total. The smallest absolute Gasteiger partial charge is 0.384 e. The Morgan fingerprint density at radius 2 is 1.85 bits per heavy atom. The Morgan fingerprint density at radius 1 is 1.06 bits per heavy atom. The molecule has 174 valence electrons. The Bertz CT molecular complexity index is 1370. The van der Waals surface area contributed by atoms with Crippen LogP contribution in [0.5, 0.6) is 0 Å². The van der Waals surface area contributed by atoms with E-state index in [0.29, 0.717) is 34.6 Å². The van der Waals surface area contributed by atoms with Crippen LogP contribution in [0.25, 0.3) is 22.2 Å². The second-order valence-corrected chi connectivity index (χ2v) is 8.12. The molecular weight excluding hydrogens is 432 g/mol. The number of pyridine rings is 1. The first-order valence-electron chi connectivity index (χ1n) is 10.9. The molecule has 0 aliphatic heterocycles. The second kappa shape index (κ2) is 10.1. The Kier molecular flexibility index (Phi) is 6.84. The molecule has 0 atom stereocenters. The number of likely N-dealkylation sites (N-methyl/N-ethyl adjacent to an activating group) is 1. The molecule has 34 heavy (non-hydrogen) atoms. The van der Waals surface area contributed by atoms with Crippen LogP contribution in [0.3, 0.4) is 0 Å². The topological polar surface area (TPSA) is 112 Å². The highest BCUT2D eigenvalue weighted by molar-refractivity contribution is 5.95. The zero-order valence-electron chi connectivity index (χ0n) is 19.0. The van der Waals surface area contributed by atoms with Gasteiger partial charge in [0.1, 0.15) is 5.82 Å². The quantitative estimate of drug-likeness (QED) is 0.348. The normalized spacial score (nSPS) is 11.0. The molecule has 2 aromatic carbocycles. The zero-order chi connectivity index (χ0) is 24.1. The lowest BCUT2D eigenvalue weighted by molar-refractivity contribution is 0.0951. The molecule has 4 rings (SSSR count).